The molecule has 1 aromatic heterocycles. The third-order valence-electron chi connectivity index (χ3n) is 5.05. The smallest absolute Gasteiger partial charge is 0.424 e. The fourth-order valence-corrected chi connectivity index (χ4v) is 3.07. The van der Waals surface area contributed by atoms with Gasteiger partial charge in [0.1, 0.15) is 18.9 Å². The minimum absolute atomic E-state index is 0.00534. The van der Waals surface area contributed by atoms with E-state index in [4.69, 9.17) is 5.73 Å². The lowest BCUT2D eigenvalue weighted by Crippen LogP contribution is -2.50. The number of aliphatic imine (C=N–C) groups is 1. The maximum atomic E-state index is 13.8. The highest BCUT2D eigenvalue weighted by Gasteiger charge is 2.62. The van der Waals surface area contributed by atoms with Crippen molar-refractivity contribution in [2.24, 2.45) is 10.7 Å². The highest BCUT2D eigenvalue weighted by Crippen LogP contribution is 2.40. The standard InChI is InChI=1S/C21H17F7N6O2/c1-31-17(15(36-19(22)23)16(30)20(24,25)21(26,27)28)34-9-12(8-32-34)10-2-3-11(7-29)14(6-10)18(35)33-13-4-5-13/h2-3,6,8-9,13,19H,4-5H2,1H3,(H3,30,31,33,35)/p+1. The van der Waals surface area contributed by atoms with E-state index in [9.17, 15) is 40.8 Å². The molecule has 1 aliphatic rings. The van der Waals surface area contributed by atoms with E-state index in [1.165, 1.54) is 24.4 Å². The second-order valence-electron chi connectivity index (χ2n) is 7.59. The normalized spacial score (nSPS) is 15.4. The summed E-state index contributed by atoms with van der Waals surface area (Å²) in [5.74, 6) is -8.81. The topological polar surface area (TPSA) is 120 Å². The van der Waals surface area contributed by atoms with Crippen LogP contribution < -0.4 is 15.7 Å². The molecule has 1 fully saturated rings. The van der Waals surface area contributed by atoms with Crippen molar-refractivity contribution >= 4 is 11.7 Å². The van der Waals surface area contributed by atoms with Gasteiger partial charge >= 0.3 is 24.5 Å². The van der Waals surface area contributed by atoms with Crippen LogP contribution in [0.1, 0.15) is 28.8 Å². The zero-order chi connectivity index (χ0) is 26.8. The molecule has 1 heterocycles. The van der Waals surface area contributed by atoms with Gasteiger partial charge in [0.05, 0.1) is 23.4 Å². The number of nitriles is 1. The Morgan fingerprint density at radius 3 is 2.47 bits per heavy atom. The second-order valence-corrected chi connectivity index (χ2v) is 7.59. The van der Waals surface area contributed by atoms with Crippen LogP contribution in [-0.4, -0.2) is 48.6 Å². The number of aromatic amines is 1. The summed E-state index contributed by atoms with van der Waals surface area (Å²) in [4.78, 5) is 16.0. The lowest BCUT2D eigenvalue weighted by molar-refractivity contribution is -0.617. The zero-order valence-electron chi connectivity index (χ0n) is 18.3. The molecule has 1 saturated carbocycles. The number of H-pyrrole nitrogens is 1. The number of allylic oxidation sites excluding steroid dienone is 2. The number of hydrogen-bond donors (Lipinski definition) is 3. The van der Waals surface area contributed by atoms with Crippen LogP contribution in [0.25, 0.3) is 11.1 Å². The Morgan fingerprint density at radius 2 is 1.94 bits per heavy atom. The first kappa shape index (κ1) is 26.5. The fourth-order valence-electron chi connectivity index (χ4n) is 3.07. The molecule has 36 heavy (non-hydrogen) atoms. The first-order valence-electron chi connectivity index (χ1n) is 10.1. The molecule has 0 bridgehead atoms. The van der Waals surface area contributed by atoms with Crippen molar-refractivity contribution in [2.75, 3.05) is 7.05 Å². The van der Waals surface area contributed by atoms with Gasteiger partial charge in [0.2, 0.25) is 5.76 Å². The van der Waals surface area contributed by atoms with Gasteiger partial charge in [-0.3, -0.25) is 4.79 Å². The summed E-state index contributed by atoms with van der Waals surface area (Å²) in [5.41, 5.74) is 3.33. The van der Waals surface area contributed by atoms with E-state index in [1.807, 2.05) is 6.07 Å². The summed E-state index contributed by atoms with van der Waals surface area (Å²) < 4.78 is 96.6. The van der Waals surface area contributed by atoms with Gasteiger partial charge in [0.15, 0.2) is 0 Å². The number of hydrogen-bond acceptors (Lipinski definition) is 5. The molecular formula is C21H18F7N6O2+. The number of amides is 1. The number of carbonyl (C=O) groups is 1. The maximum absolute atomic E-state index is 13.8. The molecule has 0 unspecified atom stereocenters. The van der Waals surface area contributed by atoms with Crippen molar-refractivity contribution in [1.82, 2.24) is 10.4 Å². The molecule has 0 saturated heterocycles. The Labute approximate surface area is 198 Å². The van der Waals surface area contributed by atoms with E-state index in [0.717, 1.165) is 30.8 Å². The number of carbonyl (C=O) groups excluding carboxylic acids is 1. The van der Waals surface area contributed by atoms with Gasteiger partial charge in [-0.1, -0.05) is 11.1 Å². The highest BCUT2D eigenvalue weighted by molar-refractivity contribution is 5.98. The SMILES string of the molecule is CN=C(C(OC(F)F)=C(N)C(F)(F)C(F)(F)F)[n+]1cc(-c2ccc(C#N)c(C(=O)NC3CC3)c2)c[nH]1. The van der Waals surface area contributed by atoms with Gasteiger partial charge in [-0.15, -0.1) is 4.68 Å². The van der Waals surface area contributed by atoms with Crippen molar-refractivity contribution in [2.45, 2.75) is 37.6 Å². The molecular weight excluding hydrogens is 501 g/mol. The molecule has 4 N–H and O–H groups in total. The van der Waals surface area contributed by atoms with Crippen molar-refractivity contribution in [1.29, 1.82) is 5.26 Å². The molecule has 8 nitrogen and oxygen atoms in total. The number of nitrogens with one attached hydrogen (secondary N) is 2. The average Bonchev–Trinajstić information content (AvgIpc) is 3.49. The van der Waals surface area contributed by atoms with Crippen LogP contribution >= 0.6 is 0 Å². The van der Waals surface area contributed by atoms with Crippen LogP contribution in [0.3, 0.4) is 0 Å². The zero-order valence-corrected chi connectivity index (χ0v) is 18.3. The predicted octanol–water partition coefficient (Wildman–Crippen LogP) is 3.22. The average molecular weight is 519 g/mol. The van der Waals surface area contributed by atoms with E-state index < -0.39 is 41.9 Å². The Bertz CT molecular complexity index is 1260. The molecule has 0 atom stereocenters. The summed E-state index contributed by atoms with van der Waals surface area (Å²) in [5, 5.41) is 14.5. The maximum Gasteiger partial charge on any atom is 0.459 e. The van der Waals surface area contributed by atoms with Crippen molar-refractivity contribution in [3.63, 3.8) is 0 Å². The third kappa shape index (κ3) is 5.42. The fraction of sp³-hybridized carbons (Fsp3) is 0.333. The molecule has 0 spiro atoms. The number of aromatic nitrogens is 2. The van der Waals surface area contributed by atoms with Gasteiger partial charge in [-0.05, 0) is 30.5 Å². The monoisotopic (exact) mass is 519 g/mol. The molecule has 0 radical (unpaired) electrons. The third-order valence-corrected chi connectivity index (χ3v) is 5.05. The Morgan fingerprint density at radius 1 is 1.28 bits per heavy atom. The van der Waals surface area contributed by atoms with Crippen molar-refractivity contribution < 1.29 is 44.9 Å². The molecule has 1 aromatic carbocycles. The Balaban J connectivity index is 2.04. The molecule has 3 rings (SSSR count). The number of nitrogens with zero attached hydrogens (tertiary/aromatic N) is 3. The van der Waals surface area contributed by atoms with Crippen LogP contribution in [0.2, 0.25) is 0 Å². The number of halogens is 7. The van der Waals surface area contributed by atoms with Crippen LogP contribution in [0, 0.1) is 11.3 Å². The van der Waals surface area contributed by atoms with Gasteiger partial charge < -0.3 is 15.8 Å². The summed E-state index contributed by atoms with van der Waals surface area (Å²) >= 11 is 0. The first-order valence-corrected chi connectivity index (χ1v) is 10.1. The van der Waals surface area contributed by atoms with E-state index >= 15 is 0 Å². The van der Waals surface area contributed by atoms with E-state index in [2.05, 4.69) is 20.1 Å². The number of ether oxygens (including phenoxy) is 1. The molecule has 2 aromatic rings. The van der Waals surface area contributed by atoms with Gasteiger partial charge in [0.25, 0.3) is 5.91 Å². The summed E-state index contributed by atoms with van der Waals surface area (Å²) in [6.07, 6.45) is -2.25. The van der Waals surface area contributed by atoms with Crippen molar-refractivity contribution in [3.8, 4) is 17.2 Å². The number of benzene rings is 1. The minimum Gasteiger partial charge on any atom is -0.424 e. The van der Waals surface area contributed by atoms with E-state index in [-0.39, 0.29) is 22.7 Å². The molecule has 1 aliphatic carbocycles. The van der Waals surface area contributed by atoms with Crippen molar-refractivity contribution in [3.05, 3.63) is 53.2 Å². The van der Waals surface area contributed by atoms with Gasteiger partial charge in [0, 0.05) is 11.6 Å². The van der Waals surface area contributed by atoms with Crippen LogP contribution in [0.4, 0.5) is 30.7 Å². The van der Waals surface area contributed by atoms with Gasteiger partial charge in [-0.2, -0.15) is 36.0 Å². The number of alkyl halides is 7. The largest absolute Gasteiger partial charge is 0.459 e. The Kier molecular flexibility index (Phi) is 7.27. The summed E-state index contributed by atoms with van der Waals surface area (Å²) in [6, 6.07) is 6.06. The lowest BCUT2D eigenvalue weighted by atomic mass is 10.0. The number of nitrogens with two attached hydrogens (primary N) is 1. The first-order chi connectivity index (χ1) is 16.8. The van der Waals surface area contributed by atoms with Crippen LogP contribution in [-0.2, 0) is 4.74 Å². The van der Waals surface area contributed by atoms with Crippen LogP contribution in [0.5, 0.6) is 0 Å². The lowest BCUT2D eigenvalue weighted by Gasteiger charge is -2.21. The quantitative estimate of drug-likeness (QED) is 0.171. The van der Waals surface area contributed by atoms with E-state index in [1.54, 1.807) is 0 Å². The molecule has 1 amide bonds. The van der Waals surface area contributed by atoms with Crippen LogP contribution in [0.15, 0.2) is 47.0 Å². The molecule has 0 aliphatic heterocycles. The predicted molar refractivity (Wildman–Crippen MR) is 110 cm³/mol. The number of rotatable bonds is 7. The van der Waals surface area contributed by atoms with E-state index in [0.29, 0.717) is 5.56 Å². The summed E-state index contributed by atoms with van der Waals surface area (Å²) in [7, 11) is 0.929. The Hall–Kier alpha value is -4.09. The molecule has 192 valence electrons. The molecule has 15 heteroatoms. The second kappa shape index (κ2) is 9.88. The highest BCUT2D eigenvalue weighted by atomic mass is 19.4. The summed E-state index contributed by atoms with van der Waals surface area (Å²) in [6.45, 7) is -3.81. The van der Waals surface area contributed by atoms with Gasteiger partial charge in [-0.25, -0.2) is 5.10 Å². The minimum atomic E-state index is -6.20.